The van der Waals surface area contributed by atoms with Crippen LogP contribution < -0.4 is 15.4 Å². The molecule has 3 heterocycles. The Balaban J connectivity index is 1.13. The van der Waals surface area contributed by atoms with E-state index in [4.69, 9.17) is 14.3 Å². The molecular formula is C43H37FN6O6S2. The number of anilines is 1. The zero-order valence-electron chi connectivity index (χ0n) is 31.1. The number of thioether (sulfide) groups is 1. The minimum absolute atomic E-state index is 0.0418. The second-order valence-corrected chi connectivity index (χ2v) is 14.7. The van der Waals surface area contributed by atoms with Crippen LogP contribution in [0.25, 0.3) is 0 Å². The van der Waals surface area contributed by atoms with Crippen LogP contribution in [0.1, 0.15) is 28.1 Å². The van der Waals surface area contributed by atoms with E-state index in [0.29, 0.717) is 22.2 Å². The summed E-state index contributed by atoms with van der Waals surface area (Å²) in [7, 11) is 1.56. The molecule has 2 N–H and O–H groups in total. The maximum Gasteiger partial charge on any atom is 0.355 e. The maximum absolute atomic E-state index is 13.9. The largest absolute Gasteiger partial charge is 0.497 e. The lowest BCUT2D eigenvalue weighted by atomic mass is 9.77. The molecule has 1 aromatic heterocycles. The van der Waals surface area contributed by atoms with Gasteiger partial charge in [0.2, 0.25) is 16.7 Å². The Labute approximate surface area is 342 Å². The number of halogens is 1. The average Bonchev–Trinajstić information content (AvgIpc) is 3.74. The van der Waals surface area contributed by atoms with Gasteiger partial charge in [-0.2, -0.15) is 9.36 Å². The molecule has 1 saturated heterocycles. The third kappa shape index (κ3) is 8.12. The van der Waals surface area contributed by atoms with Gasteiger partial charge >= 0.3 is 5.97 Å². The smallest absolute Gasteiger partial charge is 0.355 e. The predicted octanol–water partition coefficient (Wildman–Crippen LogP) is 6.74. The molecule has 294 valence electrons. The van der Waals surface area contributed by atoms with Crippen molar-refractivity contribution in [1.82, 2.24) is 19.6 Å². The zero-order valence-corrected chi connectivity index (χ0v) is 32.8. The third-order valence-corrected chi connectivity index (χ3v) is 11.3. The van der Waals surface area contributed by atoms with Gasteiger partial charge in [0.1, 0.15) is 35.0 Å². The molecule has 12 nitrogen and oxygen atoms in total. The first-order chi connectivity index (χ1) is 28.4. The summed E-state index contributed by atoms with van der Waals surface area (Å²) in [6, 6.07) is 35.5. The lowest BCUT2D eigenvalue weighted by Gasteiger charge is -2.49. The normalized spacial score (nSPS) is 16.6. The van der Waals surface area contributed by atoms with Crippen molar-refractivity contribution in [3.63, 3.8) is 0 Å². The summed E-state index contributed by atoms with van der Waals surface area (Å²) in [6.45, 7) is 2.34. The quantitative estimate of drug-likeness (QED) is 0.0275. The van der Waals surface area contributed by atoms with Gasteiger partial charge in [-0.3, -0.25) is 14.5 Å². The summed E-state index contributed by atoms with van der Waals surface area (Å²) in [5.41, 5.74) is 2.70. The van der Waals surface area contributed by atoms with E-state index in [2.05, 4.69) is 31.7 Å². The van der Waals surface area contributed by atoms with Crippen molar-refractivity contribution in [2.45, 2.75) is 23.6 Å². The Morgan fingerprint density at radius 1 is 0.966 bits per heavy atom. The monoisotopic (exact) mass is 816 g/mol. The van der Waals surface area contributed by atoms with Crippen LogP contribution in [0, 0.1) is 0 Å². The molecule has 2 aliphatic heterocycles. The lowest BCUT2D eigenvalue weighted by molar-refractivity contribution is -0.153. The fourth-order valence-electron chi connectivity index (χ4n) is 6.68. The Bertz CT molecular complexity index is 2260. The maximum atomic E-state index is 13.9. The molecule has 58 heavy (non-hydrogen) atoms. The molecule has 1 fully saturated rings. The van der Waals surface area contributed by atoms with Crippen LogP contribution in [0.3, 0.4) is 0 Å². The number of oxime groups is 1. The van der Waals surface area contributed by atoms with Crippen LogP contribution in [-0.2, 0) is 36.1 Å². The molecule has 15 heteroatoms. The minimum Gasteiger partial charge on any atom is -0.497 e. The summed E-state index contributed by atoms with van der Waals surface area (Å²) in [6.07, 6.45) is 4.92. The standard InChI is InChI=1S/C43H37FN6O6S2/c1-3-4-14-29-26-57-40-35(39(52)50(40)36(29)41(53)55-25-28-21-23-33(54-2)24-22-28)45-38(51)34(48-56-27-44)37-46-42(58-49-37)47-43(30-15-8-5-9-16-30,31-17-10-6-11-18-31)32-19-12-7-13-20-32/h3-24,35,40H,1,25-27H2,2H3,(H,45,51)(H,46,47,49)/b14-4+,48-34-/t35-,40-/m1/s1. The second kappa shape index (κ2) is 18.1. The molecule has 0 unspecified atom stereocenters. The summed E-state index contributed by atoms with van der Waals surface area (Å²) in [4.78, 5) is 51.9. The summed E-state index contributed by atoms with van der Waals surface area (Å²) in [5, 5.41) is 9.68. The van der Waals surface area contributed by atoms with Gasteiger partial charge in [0, 0.05) is 17.3 Å². The van der Waals surface area contributed by atoms with Gasteiger partial charge in [-0.05, 0) is 40.0 Å². The topological polar surface area (TPSA) is 144 Å². The molecular weight excluding hydrogens is 780 g/mol. The van der Waals surface area contributed by atoms with Gasteiger partial charge in [0.05, 0.1) is 7.11 Å². The van der Waals surface area contributed by atoms with Gasteiger partial charge in [-0.1, -0.05) is 133 Å². The van der Waals surface area contributed by atoms with Crippen molar-refractivity contribution in [1.29, 1.82) is 0 Å². The number of carbonyl (C=O) groups is 3. The van der Waals surface area contributed by atoms with Gasteiger partial charge in [0.25, 0.3) is 18.7 Å². The number of esters is 1. The van der Waals surface area contributed by atoms with Crippen molar-refractivity contribution < 1.29 is 33.1 Å². The first-order valence-corrected chi connectivity index (χ1v) is 19.8. The summed E-state index contributed by atoms with van der Waals surface area (Å²) >= 11 is 2.32. The van der Waals surface area contributed by atoms with Gasteiger partial charge in [-0.15, -0.1) is 11.8 Å². The second-order valence-electron chi connectivity index (χ2n) is 12.8. The SMILES string of the molecule is C=C/C=C/C1=C(C(=O)OCc2ccc(OC)cc2)N2C(=O)[C@@H](NC(=O)/C(=N\OCF)c3nsc(NC(c4ccccc4)(c4ccccc4)c4ccccc4)n3)[C@H]2SC1. The van der Waals surface area contributed by atoms with E-state index in [-0.39, 0.29) is 18.1 Å². The molecule has 7 rings (SSSR count). The van der Waals surface area contributed by atoms with Gasteiger partial charge < -0.3 is 24.9 Å². The van der Waals surface area contributed by atoms with E-state index in [1.165, 1.54) is 16.7 Å². The van der Waals surface area contributed by atoms with Gasteiger partial charge in [0.15, 0.2) is 0 Å². The molecule has 2 atom stereocenters. The molecule has 0 aliphatic carbocycles. The lowest BCUT2D eigenvalue weighted by Crippen LogP contribution is -2.71. The molecule has 5 aromatic rings. The van der Waals surface area contributed by atoms with E-state index >= 15 is 0 Å². The highest BCUT2D eigenvalue weighted by Crippen LogP contribution is 2.42. The Morgan fingerprint density at radius 2 is 1.59 bits per heavy atom. The highest BCUT2D eigenvalue weighted by atomic mass is 32.2. The Hall–Kier alpha value is -6.58. The van der Waals surface area contributed by atoms with Crippen molar-refractivity contribution in [2.24, 2.45) is 5.16 Å². The fraction of sp³-hybridized carbons (Fsp3) is 0.163. The van der Waals surface area contributed by atoms with Crippen molar-refractivity contribution in [3.05, 3.63) is 179 Å². The number of hydrogen-bond donors (Lipinski definition) is 2. The van der Waals surface area contributed by atoms with Crippen LogP contribution in [0.4, 0.5) is 9.52 Å². The molecule has 0 bridgehead atoms. The number of amides is 2. The molecule has 2 aliphatic rings. The van der Waals surface area contributed by atoms with Crippen LogP contribution in [0.5, 0.6) is 5.75 Å². The number of fused-ring (bicyclic) bond motifs is 1. The number of alkyl halides is 1. The van der Waals surface area contributed by atoms with Crippen LogP contribution in [-0.4, -0.2) is 68.9 Å². The minimum atomic E-state index is -1.33. The number of hydrogen-bond acceptors (Lipinski definition) is 12. The van der Waals surface area contributed by atoms with E-state index in [0.717, 1.165) is 33.8 Å². The van der Waals surface area contributed by atoms with E-state index in [1.54, 1.807) is 49.6 Å². The van der Waals surface area contributed by atoms with Crippen LogP contribution >= 0.6 is 23.3 Å². The van der Waals surface area contributed by atoms with Gasteiger partial charge in [-0.25, -0.2) is 9.18 Å². The number of ether oxygens (including phenoxy) is 2. The number of carbonyl (C=O) groups excluding carboxylic acids is 3. The Morgan fingerprint density at radius 3 is 2.16 bits per heavy atom. The number of nitrogens with zero attached hydrogens (tertiary/aromatic N) is 4. The van der Waals surface area contributed by atoms with E-state index in [9.17, 15) is 18.8 Å². The first kappa shape index (κ1) is 39.6. The molecule has 0 saturated carbocycles. The Kier molecular flexibility index (Phi) is 12.4. The summed E-state index contributed by atoms with van der Waals surface area (Å²) < 4.78 is 28.6. The third-order valence-electron chi connectivity index (χ3n) is 9.41. The predicted molar refractivity (Wildman–Crippen MR) is 221 cm³/mol. The molecule has 0 radical (unpaired) electrons. The van der Waals surface area contributed by atoms with E-state index < -0.39 is 47.3 Å². The van der Waals surface area contributed by atoms with E-state index in [1.807, 2.05) is 91.0 Å². The number of rotatable bonds is 16. The fourth-order valence-corrected chi connectivity index (χ4v) is 8.62. The number of benzene rings is 4. The first-order valence-electron chi connectivity index (χ1n) is 18.0. The number of allylic oxidation sites excluding steroid dienone is 3. The zero-order chi connectivity index (χ0) is 40.5. The molecule has 4 aromatic carbocycles. The van der Waals surface area contributed by atoms with Crippen molar-refractivity contribution in [2.75, 3.05) is 25.0 Å². The number of methoxy groups -OCH3 is 1. The van der Waals surface area contributed by atoms with Crippen molar-refractivity contribution >= 4 is 51.9 Å². The van der Waals surface area contributed by atoms with Crippen molar-refractivity contribution in [3.8, 4) is 5.75 Å². The van der Waals surface area contributed by atoms with Crippen LogP contribution in [0.15, 0.2) is 156 Å². The number of nitrogens with one attached hydrogen (secondary N) is 2. The average molecular weight is 817 g/mol. The number of aromatic nitrogens is 2. The number of β-lactam (4-membered cyclic amide) rings is 1. The molecule has 0 spiro atoms. The highest BCUT2D eigenvalue weighted by Gasteiger charge is 2.54. The summed E-state index contributed by atoms with van der Waals surface area (Å²) in [5.74, 6) is -1.29. The highest BCUT2D eigenvalue weighted by molar-refractivity contribution is 8.00. The van der Waals surface area contributed by atoms with Crippen LogP contribution in [0.2, 0.25) is 0 Å². The molecule has 2 amide bonds.